The van der Waals surface area contributed by atoms with Crippen molar-refractivity contribution in [3.63, 3.8) is 0 Å². The molecule has 90 valence electrons. The topological polar surface area (TPSA) is 37.4 Å². The minimum atomic E-state index is -3.57. The summed E-state index contributed by atoms with van der Waals surface area (Å²) < 4.78 is 25.2. The second-order valence-corrected chi connectivity index (χ2v) is 6.60. The smallest absolute Gasteiger partial charge is 0.207 e. The zero-order valence-electron chi connectivity index (χ0n) is 9.51. The Morgan fingerprint density at radius 3 is 2.12 bits per heavy atom. The largest absolute Gasteiger partial charge is 0.244 e. The van der Waals surface area contributed by atoms with Gasteiger partial charge in [-0.25, -0.2) is 12.7 Å². The molecule has 0 saturated carbocycles. The van der Waals surface area contributed by atoms with E-state index in [-0.39, 0.29) is 9.92 Å². The Balaban J connectivity index is 3.70. The second-order valence-electron chi connectivity index (χ2n) is 3.73. The highest BCUT2D eigenvalue weighted by Crippen LogP contribution is 2.34. The third kappa shape index (κ3) is 2.20. The Bertz CT molecular complexity index is 498. The van der Waals surface area contributed by atoms with Gasteiger partial charge in [0, 0.05) is 19.1 Å². The van der Waals surface area contributed by atoms with Crippen LogP contribution in [0.4, 0.5) is 0 Å². The van der Waals surface area contributed by atoms with Crippen molar-refractivity contribution in [2.75, 3.05) is 14.1 Å². The maximum Gasteiger partial charge on any atom is 0.244 e. The van der Waals surface area contributed by atoms with Gasteiger partial charge in [-0.1, -0.05) is 23.2 Å². The Morgan fingerprint density at radius 1 is 1.19 bits per heavy atom. The Kier molecular flexibility index (Phi) is 3.90. The van der Waals surface area contributed by atoms with Crippen molar-refractivity contribution in [2.45, 2.75) is 18.7 Å². The van der Waals surface area contributed by atoms with Gasteiger partial charge in [0.05, 0.1) is 5.02 Å². The lowest BCUT2D eigenvalue weighted by molar-refractivity contribution is 0.520. The molecule has 0 aliphatic carbocycles. The first-order valence-electron chi connectivity index (χ1n) is 4.57. The van der Waals surface area contributed by atoms with Gasteiger partial charge in [0.1, 0.15) is 4.90 Å². The monoisotopic (exact) mass is 281 g/mol. The summed E-state index contributed by atoms with van der Waals surface area (Å²) in [6, 6.07) is 1.66. The maximum atomic E-state index is 12.1. The van der Waals surface area contributed by atoms with Crippen molar-refractivity contribution in [1.29, 1.82) is 0 Å². The van der Waals surface area contributed by atoms with Crippen LogP contribution >= 0.6 is 23.2 Å². The van der Waals surface area contributed by atoms with E-state index in [4.69, 9.17) is 23.2 Å². The normalized spacial score (nSPS) is 12.2. The lowest BCUT2D eigenvalue weighted by Crippen LogP contribution is -2.23. The van der Waals surface area contributed by atoms with Crippen molar-refractivity contribution < 1.29 is 8.42 Å². The number of aryl methyl sites for hydroxylation is 1. The van der Waals surface area contributed by atoms with Gasteiger partial charge in [0.25, 0.3) is 0 Å². The molecule has 3 nitrogen and oxygen atoms in total. The molecule has 0 bridgehead atoms. The summed E-state index contributed by atoms with van der Waals surface area (Å²) in [6.07, 6.45) is 0. The first-order valence-corrected chi connectivity index (χ1v) is 6.77. The predicted molar refractivity (Wildman–Crippen MR) is 66.8 cm³/mol. The molecule has 1 rings (SSSR count). The molecule has 0 unspecified atom stereocenters. The Morgan fingerprint density at radius 2 is 1.69 bits per heavy atom. The number of rotatable bonds is 2. The Labute approximate surface area is 106 Å². The van der Waals surface area contributed by atoms with Crippen LogP contribution in [0.3, 0.4) is 0 Å². The molecule has 0 amide bonds. The van der Waals surface area contributed by atoms with Crippen LogP contribution < -0.4 is 0 Å². The van der Waals surface area contributed by atoms with E-state index in [0.717, 1.165) is 4.31 Å². The number of hydrogen-bond donors (Lipinski definition) is 0. The van der Waals surface area contributed by atoms with E-state index >= 15 is 0 Å². The SMILES string of the molecule is Cc1cc(Cl)c(C)c(S(=O)(=O)N(C)C)c1Cl. The summed E-state index contributed by atoms with van der Waals surface area (Å²) >= 11 is 12.0. The average molecular weight is 282 g/mol. The molecule has 0 aliphatic heterocycles. The quantitative estimate of drug-likeness (QED) is 0.836. The lowest BCUT2D eigenvalue weighted by Gasteiger charge is -2.17. The molecule has 16 heavy (non-hydrogen) atoms. The van der Waals surface area contributed by atoms with Gasteiger partial charge in [0.15, 0.2) is 0 Å². The van der Waals surface area contributed by atoms with Crippen LogP contribution in [0.2, 0.25) is 10.0 Å². The van der Waals surface area contributed by atoms with E-state index in [1.807, 2.05) is 0 Å². The molecule has 0 spiro atoms. The van der Waals surface area contributed by atoms with Crippen LogP contribution in [-0.4, -0.2) is 26.8 Å². The number of hydrogen-bond acceptors (Lipinski definition) is 2. The number of sulfonamides is 1. The zero-order valence-corrected chi connectivity index (χ0v) is 11.8. The van der Waals surface area contributed by atoms with Crippen LogP contribution in [0.1, 0.15) is 11.1 Å². The minimum absolute atomic E-state index is 0.0872. The molecule has 0 atom stereocenters. The molecule has 1 aromatic carbocycles. The molecule has 0 saturated heterocycles. The highest BCUT2D eigenvalue weighted by Gasteiger charge is 2.25. The first-order chi connectivity index (χ1) is 7.19. The molecule has 6 heteroatoms. The third-order valence-electron chi connectivity index (χ3n) is 2.33. The number of benzene rings is 1. The van der Waals surface area contributed by atoms with Crippen LogP contribution in [-0.2, 0) is 10.0 Å². The van der Waals surface area contributed by atoms with E-state index in [2.05, 4.69) is 0 Å². The van der Waals surface area contributed by atoms with Crippen molar-refractivity contribution >= 4 is 33.2 Å². The van der Waals surface area contributed by atoms with E-state index in [1.165, 1.54) is 14.1 Å². The van der Waals surface area contributed by atoms with E-state index < -0.39 is 10.0 Å². The summed E-state index contributed by atoms with van der Waals surface area (Å²) in [7, 11) is -0.647. The van der Waals surface area contributed by atoms with E-state index in [1.54, 1.807) is 19.9 Å². The van der Waals surface area contributed by atoms with Crippen molar-refractivity contribution in [3.05, 3.63) is 27.2 Å². The minimum Gasteiger partial charge on any atom is -0.207 e. The predicted octanol–water partition coefficient (Wildman–Crippen LogP) is 2.86. The van der Waals surface area contributed by atoms with Crippen LogP contribution in [0.5, 0.6) is 0 Å². The second kappa shape index (κ2) is 4.53. The molecule has 0 aliphatic rings. The molecule has 0 N–H and O–H groups in total. The van der Waals surface area contributed by atoms with Gasteiger partial charge in [-0.15, -0.1) is 0 Å². The summed E-state index contributed by atoms with van der Waals surface area (Å²) in [6.45, 7) is 3.37. The summed E-state index contributed by atoms with van der Waals surface area (Å²) in [5.41, 5.74) is 1.13. The fraction of sp³-hybridized carbons (Fsp3) is 0.400. The first kappa shape index (κ1) is 13.8. The van der Waals surface area contributed by atoms with Gasteiger partial charge in [-0.3, -0.25) is 0 Å². The molecule has 0 radical (unpaired) electrons. The molecule has 0 heterocycles. The fourth-order valence-electron chi connectivity index (χ4n) is 1.30. The van der Waals surface area contributed by atoms with Gasteiger partial charge < -0.3 is 0 Å². The lowest BCUT2D eigenvalue weighted by atomic mass is 10.2. The highest BCUT2D eigenvalue weighted by atomic mass is 35.5. The molecular formula is C10H13Cl2NO2S. The van der Waals surface area contributed by atoms with Gasteiger partial charge >= 0.3 is 0 Å². The van der Waals surface area contributed by atoms with Crippen molar-refractivity contribution in [2.24, 2.45) is 0 Å². The van der Waals surface area contributed by atoms with Gasteiger partial charge in [-0.05, 0) is 31.0 Å². The van der Waals surface area contributed by atoms with Gasteiger partial charge in [-0.2, -0.15) is 0 Å². The molecule has 0 fully saturated rings. The molecular weight excluding hydrogens is 269 g/mol. The summed E-state index contributed by atoms with van der Waals surface area (Å²) in [5.74, 6) is 0. The summed E-state index contributed by atoms with van der Waals surface area (Å²) in [4.78, 5) is 0.0872. The standard InChI is InChI=1S/C10H13Cl2NO2S/c1-6-5-8(11)7(2)10(9(6)12)16(14,15)13(3)4/h5H,1-4H3. The van der Waals surface area contributed by atoms with Crippen molar-refractivity contribution in [3.8, 4) is 0 Å². The highest BCUT2D eigenvalue weighted by molar-refractivity contribution is 7.89. The number of halogens is 2. The van der Waals surface area contributed by atoms with Gasteiger partial charge in [0.2, 0.25) is 10.0 Å². The van der Waals surface area contributed by atoms with Crippen LogP contribution in [0.15, 0.2) is 11.0 Å². The summed E-state index contributed by atoms with van der Waals surface area (Å²) in [5, 5.41) is 0.637. The average Bonchev–Trinajstić information content (AvgIpc) is 2.14. The molecule has 0 aromatic heterocycles. The Hall–Kier alpha value is -0.290. The maximum absolute atomic E-state index is 12.1. The van der Waals surface area contributed by atoms with Crippen LogP contribution in [0.25, 0.3) is 0 Å². The van der Waals surface area contributed by atoms with Crippen molar-refractivity contribution in [1.82, 2.24) is 4.31 Å². The third-order valence-corrected chi connectivity index (χ3v) is 5.31. The number of nitrogens with zero attached hydrogens (tertiary/aromatic N) is 1. The zero-order chi connectivity index (χ0) is 12.7. The van der Waals surface area contributed by atoms with E-state index in [0.29, 0.717) is 16.1 Å². The van der Waals surface area contributed by atoms with Crippen LogP contribution in [0, 0.1) is 13.8 Å². The molecule has 1 aromatic rings. The fourth-order valence-corrected chi connectivity index (χ4v) is 3.36. The van der Waals surface area contributed by atoms with E-state index in [9.17, 15) is 8.42 Å².